The molecule has 0 bridgehead atoms. The molecular weight excluding hydrogens is 256 g/mol. The predicted molar refractivity (Wildman–Crippen MR) is 75.3 cm³/mol. The number of urea groups is 1. The molecule has 1 heterocycles. The zero-order valence-electron chi connectivity index (χ0n) is 11.7. The van der Waals surface area contributed by atoms with E-state index in [0.29, 0.717) is 30.5 Å². The van der Waals surface area contributed by atoms with Gasteiger partial charge in [0.25, 0.3) is 0 Å². The van der Waals surface area contributed by atoms with E-state index in [4.69, 9.17) is 0 Å². The summed E-state index contributed by atoms with van der Waals surface area (Å²) in [5.41, 5.74) is 0.577. The number of hydrogen-bond acceptors (Lipinski definition) is 2. The number of rotatable bonds is 3. The fraction of sp³-hybridized carbons (Fsp3) is 0.467. The first-order valence-electron chi connectivity index (χ1n) is 6.82. The normalized spacial score (nSPS) is 23.4. The van der Waals surface area contributed by atoms with Crippen molar-refractivity contribution in [2.75, 3.05) is 13.1 Å². The van der Waals surface area contributed by atoms with Gasteiger partial charge in [-0.25, -0.2) is 9.59 Å². The van der Waals surface area contributed by atoms with Gasteiger partial charge in [-0.15, -0.1) is 0 Å². The zero-order chi connectivity index (χ0) is 14.7. The van der Waals surface area contributed by atoms with Crippen molar-refractivity contribution in [3.05, 3.63) is 35.9 Å². The van der Waals surface area contributed by atoms with E-state index in [1.165, 1.54) is 0 Å². The summed E-state index contributed by atoms with van der Waals surface area (Å²) in [7, 11) is 0. The molecule has 0 aliphatic carbocycles. The van der Waals surface area contributed by atoms with Crippen LogP contribution in [0, 0.1) is 11.8 Å². The average Bonchev–Trinajstić information content (AvgIpc) is 2.76. The van der Waals surface area contributed by atoms with Gasteiger partial charge >= 0.3 is 12.0 Å². The van der Waals surface area contributed by atoms with E-state index < -0.39 is 12.0 Å². The Labute approximate surface area is 118 Å². The summed E-state index contributed by atoms with van der Waals surface area (Å²) in [5.74, 6) is -0.161. The number of benzene rings is 1. The highest BCUT2D eigenvalue weighted by Crippen LogP contribution is 2.22. The average molecular weight is 276 g/mol. The van der Waals surface area contributed by atoms with Crippen molar-refractivity contribution in [1.29, 1.82) is 0 Å². The van der Waals surface area contributed by atoms with Gasteiger partial charge in [-0.05, 0) is 17.4 Å². The second-order valence-corrected chi connectivity index (χ2v) is 5.49. The molecule has 1 saturated heterocycles. The van der Waals surface area contributed by atoms with Crippen molar-refractivity contribution in [2.45, 2.75) is 19.9 Å². The largest absolute Gasteiger partial charge is 0.479 e. The van der Waals surface area contributed by atoms with E-state index in [9.17, 15) is 14.7 Å². The number of aliphatic carboxylic acids is 1. The van der Waals surface area contributed by atoms with Crippen LogP contribution in [0.3, 0.4) is 0 Å². The van der Waals surface area contributed by atoms with Crippen molar-refractivity contribution in [1.82, 2.24) is 10.2 Å². The molecule has 0 spiro atoms. The SMILES string of the molecule is CC1CN(C(=O)N[C@@H](C(=O)O)c2ccccc2)CC1C. The number of carboxylic acid groups (broad SMARTS) is 1. The number of nitrogens with one attached hydrogen (secondary N) is 1. The van der Waals surface area contributed by atoms with Gasteiger partial charge < -0.3 is 15.3 Å². The molecule has 1 aliphatic heterocycles. The van der Waals surface area contributed by atoms with Gasteiger partial charge in [-0.2, -0.15) is 0 Å². The maximum atomic E-state index is 12.2. The lowest BCUT2D eigenvalue weighted by molar-refractivity contribution is -0.139. The molecular formula is C15H20N2O3. The van der Waals surface area contributed by atoms with E-state index in [1.807, 2.05) is 6.07 Å². The summed E-state index contributed by atoms with van der Waals surface area (Å²) in [5, 5.41) is 11.9. The van der Waals surface area contributed by atoms with Gasteiger partial charge in [0, 0.05) is 13.1 Å². The molecule has 1 aromatic carbocycles. The maximum absolute atomic E-state index is 12.2. The van der Waals surface area contributed by atoms with Gasteiger partial charge in [0.15, 0.2) is 6.04 Å². The van der Waals surface area contributed by atoms with Gasteiger partial charge in [0.1, 0.15) is 0 Å². The number of likely N-dealkylation sites (tertiary alicyclic amines) is 1. The molecule has 0 aromatic heterocycles. The molecule has 2 amide bonds. The van der Waals surface area contributed by atoms with Gasteiger partial charge in [-0.3, -0.25) is 0 Å². The van der Waals surface area contributed by atoms with Crippen LogP contribution in [0.1, 0.15) is 25.5 Å². The number of carboxylic acids is 1. The number of hydrogen-bond donors (Lipinski definition) is 2. The molecule has 5 heteroatoms. The molecule has 0 radical (unpaired) electrons. The van der Waals surface area contributed by atoms with Gasteiger partial charge in [0.05, 0.1) is 0 Å². The first-order chi connectivity index (χ1) is 9.49. The van der Waals surface area contributed by atoms with Crippen LogP contribution in [-0.4, -0.2) is 35.1 Å². The highest BCUT2D eigenvalue weighted by atomic mass is 16.4. The molecule has 0 saturated carbocycles. The number of carbonyl (C=O) groups excluding carboxylic acids is 1. The van der Waals surface area contributed by atoms with Crippen LogP contribution in [0.2, 0.25) is 0 Å². The Bertz CT molecular complexity index is 479. The van der Waals surface area contributed by atoms with Crippen LogP contribution >= 0.6 is 0 Å². The maximum Gasteiger partial charge on any atom is 0.330 e. The summed E-state index contributed by atoms with van der Waals surface area (Å²) < 4.78 is 0. The Balaban J connectivity index is 2.06. The lowest BCUT2D eigenvalue weighted by Gasteiger charge is -2.21. The zero-order valence-corrected chi connectivity index (χ0v) is 11.7. The van der Waals surface area contributed by atoms with Crippen LogP contribution in [0.15, 0.2) is 30.3 Å². The second kappa shape index (κ2) is 5.94. The smallest absolute Gasteiger partial charge is 0.330 e. The van der Waals surface area contributed by atoms with Gasteiger partial charge in [0.2, 0.25) is 0 Å². The molecule has 108 valence electrons. The third-order valence-corrected chi connectivity index (χ3v) is 3.92. The van der Waals surface area contributed by atoms with E-state index >= 15 is 0 Å². The topological polar surface area (TPSA) is 69.6 Å². The van der Waals surface area contributed by atoms with Crippen LogP contribution in [0.25, 0.3) is 0 Å². The van der Waals surface area contributed by atoms with Crippen LogP contribution in [0.4, 0.5) is 4.79 Å². The Morgan fingerprint density at radius 1 is 1.20 bits per heavy atom. The quantitative estimate of drug-likeness (QED) is 0.888. The third-order valence-electron chi connectivity index (χ3n) is 3.92. The molecule has 5 nitrogen and oxygen atoms in total. The fourth-order valence-electron chi connectivity index (χ4n) is 2.44. The number of nitrogens with zero attached hydrogens (tertiary/aromatic N) is 1. The lowest BCUT2D eigenvalue weighted by atomic mass is 10.0. The molecule has 1 aromatic rings. The molecule has 1 fully saturated rings. The second-order valence-electron chi connectivity index (χ2n) is 5.49. The molecule has 20 heavy (non-hydrogen) atoms. The Kier molecular flexibility index (Phi) is 4.27. The highest BCUT2D eigenvalue weighted by molar-refractivity contribution is 5.83. The van der Waals surface area contributed by atoms with Crippen LogP contribution < -0.4 is 5.32 Å². The van der Waals surface area contributed by atoms with Crippen molar-refractivity contribution >= 4 is 12.0 Å². The minimum absolute atomic E-state index is 0.308. The van der Waals surface area contributed by atoms with Crippen molar-refractivity contribution in [3.8, 4) is 0 Å². The fourth-order valence-corrected chi connectivity index (χ4v) is 2.44. The summed E-state index contributed by atoms with van der Waals surface area (Å²) in [4.78, 5) is 25.2. The lowest BCUT2D eigenvalue weighted by Crippen LogP contribution is -2.42. The Morgan fingerprint density at radius 2 is 1.75 bits per heavy atom. The first kappa shape index (κ1) is 14.4. The standard InChI is InChI=1S/C15H20N2O3/c1-10-8-17(9-11(10)2)15(20)16-13(14(18)19)12-6-4-3-5-7-12/h3-7,10-11,13H,8-9H2,1-2H3,(H,16,20)(H,18,19)/t10?,11?,13-/m1/s1. The third kappa shape index (κ3) is 3.10. The monoisotopic (exact) mass is 276 g/mol. The summed E-state index contributed by atoms with van der Waals surface area (Å²) in [6.07, 6.45) is 0. The molecule has 2 unspecified atom stereocenters. The van der Waals surface area contributed by atoms with Gasteiger partial charge in [-0.1, -0.05) is 44.2 Å². The van der Waals surface area contributed by atoms with E-state index in [2.05, 4.69) is 19.2 Å². The van der Waals surface area contributed by atoms with E-state index in [1.54, 1.807) is 29.2 Å². The Morgan fingerprint density at radius 3 is 2.25 bits per heavy atom. The highest BCUT2D eigenvalue weighted by Gasteiger charge is 2.31. The van der Waals surface area contributed by atoms with Crippen molar-refractivity contribution in [2.24, 2.45) is 11.8 Å². The molecule has 2 N–H and O–H groups in total. The Hall–Kier alpha value is -2.04. The summed E-state index contributed by atoms with van der Waals surface area (Å²) in [6, 6.07) is 7.43. The summed E-state index contributed by atoms with van der Waals surface area (Å²) >= 11 is 0. The number of amides is 2. The van der Waals surface area contributed by atoms with Crippen molar-refractivity contribution in [3.63, 3.8) is 0 Å². The predicted octanol–water partition coefficient (Wildman–Crippen LogP) is 2.11. The summed E-state index contributed by atoms with van der Waals surface area (Å²) in [6.45, 7) is 5.55. The van der Waals surface area contributed by atoms with E-state index in [0.717, 1.165) is 0 Å². The molecule has 3 atom stereocenters. The van der Waals surface area contributed by atoms with Crippen LogP contribution in [-0.2, 0) is 4.79 Å². The minimum Gasteiger partial charge on any atom is -0.479 e. The van der Waals surface area contributed by atoms with Crippen LogP contribution in [0.5, 0.6) is 0 Å². The minimum atomic E-state index is -1.05. The number of carbonyl (C=O) groups is 2. The first-order valence-corrected chi connectivity index (χ1v) is 6.82. The molecule has 1 aliphatic rings. The van der Waals surface area contributed by atoms with Crippen molar-refractivity contribution < 1.29 is 14.7 Å². The van der Waals surface area contributed by atoms with E-state index in [-0.39, 0.29) is 6.03 Å². The molecule has 2 rings (SSSR count).